The highest BCUT2D eigenvalue weighted by Gasteiger charge is 2.35. The molecule has 1 aliphatic carbocycles. The second-order valence-electron chi connectivity index (χ2n) is 6.61. The quantitative estimate of drug-likeness (QED) is 0.904. The smallest absolute Gasteiger partial charge is 0.227 e. The van der Waals surface area contributed by atoms with Crippen molar-refractivity contribution in [1.82, 2.24) is 0 Å². The van der Waals surface area contributed by atoms with Crippen LogP contribution in [0.25, 0.3) is 0 Å². The summed E-state index contributed by atoms with van der Waals surface area (Å²) in [5, 5.41) is 11.8. The molecule has 0 aromatic heterocycles. The van der Waals surface area contributed by atoms with E-state index in [1.54, 1.807) is 24.3 Å². The summed E-state index contributed by atoms with van der Waals surface area (Å²) in [5.41, 5.74) is 1.39. The number of carbonyl (C=O) groups excluding carboxylic acids is 1. The summed E-state index contributed by atoms with van der Waals surface area (Å²) < 4.78 is 0. The molecular formula is C18H24N2O. The molecule has 3 heteroatoms. The summed E-state index contributed by atoms with van der Waals surface area (Å²) in [4.78, 5) is 12.6. The molecule has 1 aliphatic rings. The molecule has 3 unspecified atom stereocenters. The number of hydrogen-bond donors (Lipinski definition) is 1. The van der Waals surface area contributed by atoms with Crippen LogP contribution in [0.2, 0.25) is 0 Å². The topological polar surface area (TPSA) is 52.9 Å². The van der Waals surface area contributed by atoms with Gasteiger partial charge in [-0.25, -0.2) is 0 Å². The van der Waals surface area contributed by atoms with Crippen molar-refractivity contribution in [2.75, 3.05) is 5.32 Å². The largest absolute Gasteiger partial charge is 0.326 e. The Balaban J connectivity index is 2.07. The minimum atomic E-state index is 0.101. The van der Waals surface area contributed by atoms with Crippen LogP contribution < -0.4 is 5.32 Å². The van der Waals surface area contributed by atoms with Gasteiger partial charge in [0.25, 0.3) is 0 Å². The third kappa shape index (κ3) is 3.85. The minimum Gasteiger partial charge on any atom is -0.326 e. The third-order valence-corrected chi connectivity index (χ3v) is 4.64. The van der Waals surface area contributed by atoms with Gasteiger partial charge >= 0.3 is 0 Å². The fourth-order valence-electron chi connectivity index (χ4n) is 3.37. The second kappa shape index (κ2) is 6.76. The van der Waals surface area contributed by atoms with E-state index in [1.807, 2.05) is 0 Å². The van der Waals surface area contributed by atoms with E-state index in [2.05, 4.69) is 32.2 Å². The standard InChI is InChI=1S/C18H24N2O/c1-12(2)16-9-4-13(3)10-17(16)18(21)20-15-7-5-14(11-19)6-8-15/h5-8,12-13,16-17H,4,9-10H2,1-3H3,(H,20,21). The first kappa shape index (κ1) is 15.6. The molecule has 0 spiro atoms. The van der Waals surface area contributed by atoms with Gasteiger partial charge in [0, 0.05) is 11.6 Å². The number of rotatable bonds is 3. The Hall–Kier alpha value is -1.82. The molecular weight excluding hydrogens is 260 g/mol. The summed E-state index contributed by atoms with van der Waals surface area (Å²) in [7, 11) is 0. The number of benzene rings is 1. The third-order valence-electron chi connectivity index (χ3n) is 4.64. The van der Waals surface area contributed by atoms with E-state index in [0.29, 0.717) is 23.3 Å². The van der Waals surface area contributed by atoms with Gasteiger partial charge in [-0.3, -0.25) is 4.79 Å². The average Bonchev–Trinajstić information content (AvgIpc) is 2.47. The van der Waals surface area contributed by atoms with Gasteiger partial charge in [0.1, 0.15) is 0 Å². The number of nitriles is 1. The summed E-state index contributed by atoms with van der Waals surface area (Å²) in [6.45, 7) is 6.66. The molecule has 21 heavy (non-hydrogen) atoms. The molecule has 1 aromatic carbocycles. The maximum atomic E-state index is 12.6. The lowest BCUT2D eigenvalue weighted by Gasteiger charge is -2.36. The van der Waals surface area contributed by atoms with Crippen molar-refractivity contribution in [3.63, 3.8) is 0 Å². The fraction of sp³-hybridized carbons (Fsp3) is 0.556. The molecule has 0 heterocycles. The Kier molecular flexibility index (Phi) is 5.01. The van der Waals surface area contributed by atoms with Gasteiger partial charge in [-0.1, -0.05) is 27.2 Å². The molecule has 1 saturated carbocycles. The number of amides is 1. The van der Waals surface area contributed by atoms with Crippen LogP contribution in [-0.4, -0.2) is 5.91 Å². The normalized spacial score (nSPS) is 25.4. The first-order valence-electron chi connectivity index (χ1n) is 7.82. The summed E-state index contributed by atoms with van der Waals surface area (Å²) in [6.07, 6.45) is 3.35. The first-order chi connectivity index (χ1) is 10.0. The fourth-order valence-corrected chi connectivity index (χ4v) is 3.37. The van der Waals surface area contributed by atoms with E-state index in [0.717, 1.165) is 18.5 Å². The van der Waals surface area contributed by atoms with Crippen LogP contribution in [0.5, 0.6) is 0 Å². The van der Waals surface area contributed by atoms with Crippen LogP contribution in [0.1, 0.15) is 45.6 Å². The number of hydrogen-bond acceptors (Lipinski definition) is 2. The van der Waals surface area contributed by atoms with Crippen LogP contribution in [0, 0.1) is 35.0 Å². The van der Waals surface area contributed by atoms with Crippen molar-refractivity contribution in [1.29, 1.82) is 5.26 Å². The van der Waals surface area contributed by atoms with E-state index in [-0.39, 0.29) is 11.8 Å². The molecule has 112 valence electrons. The number of carbonyl (C=O) groups is 1. The highest BCUT2D eigenvalue weighted by Crippen LogP contribution is 2.38. The summed E-state index contributed by atoms with van der Waals surface area (Å²) in [6, 6.07) is 9.15. The molecule has 3 nitrogen and oxygen atoms in total. The average molecular weight is 284 g/mol. The zero-order valence-electron chi connectivity index (χ0n) is 13.1. The van der Waals surface area contributed by atoms with Gasteiger partial charge in [-0.05, 0) is 54.9 Å². The van der Waals surface area contributed by atoms with Gasteiger partial charge in [0.2, 0.25) is 5.91 Å². The van der Waals surface area contributed by atoms with Crippen molar-refractivity contribution in [3.8, 4) is 6.07 Å². The predicted molar refractivity (Wildman–Crippen MR) is 84.6 cm³/mol. The highest BCUT2D eigenvalue weighted by molar-refractivity contribution is 5.92. The van der Waals surface area contributed by atoms with Crippen LogP contribution in [0.15, 0.2) is 24.3 Å². The maximum absolute atomic E-state index is 12.6. The molecule has 1 N–H and O–H groups in total. The Bertz CT molecular complexity index is 527. The molecule has 3 atom stereocenters. The van der Waals surface area contributed by atoms with Crippen molar-refractivity contribution in [3.05, 3.63) is 29.8 Å². The molecule has 0 bridgehead atoms. The first-order valence-corrected chi connectivity index (χ1v) is 7.82. The molecule has 0 radical (unpaired) electrons. The van der Waals surface area contributed by atoms with Crippen molar-refractivity contribution < 1.29 is 4.79 Å². The van der Waals surface area contributed by atoms with E-state index in [1.165, 1.54) is 6.42 Å². The van der Waals surface area contributed by atoms with Crippen molar-refractivity contribution >= 4 is 11.6 Å². The zero-order valence-corrected chi connectivity index (χ0v) is 13.1. The number of nitrogens with one attached hydrogen (secondary N) is 1. The molecule has 1 amide bonds. The van der Waals surface area contributed by atoms with E-state index < -0.39 is 0 Å². The van der Waals surface area contributed by atoms with Gasteiger partial charge < -0.3 is 5.32 Å². The number of anilines is 1. The highest BCUT2D eigenvalue weighted by atomic mass is 16.1. The van der Waals surface area contributed by atoms with E-state index in [4.69, 9.17) is 5.26 Å². The van der Waals surface area contributed by atoms with Gasteiger partial charge in [0.15, 0.2) is 0 Å². The summed E-state index contributed by atoms with van der Waals surface area (Å²) in [5.74, 6) is 1.86. The molecule has 1 fully saturated rings. The second-order valence-corrected chi connectivity index (χ2v) is 6.61. The molecule has 0 saturated heterocycles. The van der Waals surface area contributed by atoms with Crippen LogP contribution >= 0.6 is 0 Å². The van der Waals surface area contributed by atoms with Crippen LogP contribution in [0.3, 0.4) is 0 Å². The Morgan fingerprint density at radius 3 is 2.52 bits per heavy atom. The van der Waals surface area contributed by atoms with Crippen molar-refractivity contribution in [2.24, 2.45) is 23.7 Å². The zero-order chi connectivity index (χ0) is 15.4. The Labute approximate surface area is 127 Å². The van der Waals surface area contributed by atoms with E-state index >= 15 is 0 Å². The lowest BCUT2D eigenvalue weighted by molar-refractivity contribution is -0.123. The lowest BCUT2D eigenvalue weighted by atomic mass is 9.70. The van der Waals surface area contributed by atoms with E-state index in [9.17, 15) is 4.79 Å². The van der Waals surface area contributed by atoms with Crippen LogP contribution in [0.4, 0.5) is 5.69 Å². The lowest BCUT2D eigenvalue weighted by Crippen LogP contribution is -2.36. The minimum absolute atomic E-state index is 0.101. The summed E-state index contributed by atoms with van der Waals surface area (Å²) >= 11 is 0. The van der Waals surface area contributed by atoms with Gasteiger partial charge in [-0.15, -0.1) is 0 Å². The molecule has 2 rings (SSSR count). The molecule has 1 aromatic rings. The maximum Gasteiger partial charge on any atom is 0.227 e. The van der Waals surface area contributed by atoms with Crippen molar-refractivity contribution in [2.45, 2.75) is 40.0 Å². The van der Waals surface area contributed by atoms with Gasteiger partial charge in [0.05, 0.1) is 11.6 Å². The SMILES string of the molecule is CC1CCC(C(C)C)C(C(=O)Nc2ccc(C#N)cc2)C1. The Morgan fingerprint density at radius 2 is 1.95 bits per heavy atom. The van der Waals surface area contributed by atoms with Gasteiger partial charge in [-0.2, -0.15) is 5.26 Å². The predicted octanol–water partition coefficient (Wildman–Crippen LogP) is 4.21. The molecule has 0 aliphatic heterocycles. The number of nitrogens with zero attached hydrogens (tertiary/aromatic N) is 1. The Morgan fingerprint density at radius 1 is 1.29 bits per heavy atom. The van der Waals surface area contributed by atoms with Crippen LogP contribution in [-0.2, 0) is 4.79 Å². The monoisotopic (exact) mass is 284 g/mol.